The second-order valence-electron chi connectivity index (χ2n) is 1.55. The summed E-state index contributed by atoms with van der Waals surface area (Å²) in [5, 5.41) is 3.97. The van der Waals surface area contributed by atoms with Gasteiger partial charge in [-0.1, -0.05) is 0 Å². The van der Waals surface area contributed by atoms with Crippen molar-refractivity contribution in [1.29, 1.82) is 0 Å². The van der Waals surface area contributed by atoms with Gasteiger partial charge in [0.15, 0.2) is 0 Å². The number of aromatic nitrogens is 2. The van der Waals surface area contributed by atoms with Crippen LogP contribution in [-0.4, -0.2) is 9.78 Å². The molecule has 1 aromatic rings. The molecule has 0 aromatic carbocycles. The van der Waals surface area contributed by atoms with Crippen molar-refractivity contribution in [2.24, 2.45) is 0 Å². The molecule has 0 saturated carbocycles. The molecule has 2 nitrogen and oxygen atoms in total. The Balaban J connectivity index is 2.84. The predicted molar refractivity (Wildman–Crippen MR) is 35.2 cm³/mol. The number of hydrogen-bond donors (Lipinski definition) is 1. The topological polar surface area (TPSA) is 17.8 Å². The zero-order valence-electron chi connectivity index (χ0n) is 4.70. The lowest BCUT2D eigenvalue weighted by molar-refractivity contribution is 0.659. The molecule has 1 aromatic heterocycles. The lowest BCUT2D eigenvalue weighted by atomic mass is 10.7. The number of rotatable bonds is 1. The Kier molecular flexibility index (Phi) is 1.58. The van der Waals surface area contributed by atoms with Gasteiger partial charge in [-0.15, -0.1) is 12.6 Å². The van der Waals surface area contributed by atoms with Gasteiger partial charge < -0.3 is 0 Å². The summed E-state index contributed by atoms with van der Waals surface area (Å²) in [4.78, 5) is 0.923. The Morgan fingerprint density at radius 2 is 2.62 bits per heavy atom. The summed E-state index contributed by atoms with van der Waals surface area (Å²) in [5.41, 5.74) is 0. The van der Waals surface area contributed by atoms with Crippen LogP contribution in [0.5, 0.6) is 0 Å². The van der Waals surface area contributed by atoms with Crippen molar-refractivity contribution in [3.8, 4) is 0 Å². The average molecular weight is 128 g/mol. The first kappa shape index (κ1) is 5.69. The number of thiol groups is 1. The van der Waals surface area contributed by atoms with Gasteiger partial charge in [0, 0.05) is 17.6 Å². The van der Waals surface area contributed by atoms with Crippen molar-refractivity contribution in [2.45, 2.75) is 18.4 Å². The minimum Gasteiger partial charge on any atom is -0.272 e. The highest BCUT2D eigenvalue weighted by atomic mass is 32.1. The number of nitrogens with zero attached hydrogens (tertiary/aromatic N) is 2. The molecular formula is C5H8N2S. The molecule has 0 atom stereocenters. The molecule has 0 bridgehead atoms. The van der Waals surface area contributed by atoms with E-state index in [0.29, 0.717) is 0 Å². The summed E-state index contributed by atoms with van der Waals surface area (Å²) in [5.74, 6) is 0. The van der Waals surface area contributed by atoms with Crippen LogP contribution in [0.1, 0.15) is 6.92 Å². The lowest BCUT2D eigenvalue weighted by Crippen LogP contribution is -1.91. The Morgan fingerprint density at radius 1 is 1.88 bits per heavy atom. The standard InChI is InChI=1S/C5H8N2S/c1-2-7-4-5(8)3-6-7/h3-4,8H,2H2,1H3. The molecule has 0 fully saturated rings. The number of hydrogen-bond acceptors (Lipinski definition) is 2. The molecule has 0 spiro atoms. The van der Waals surface area contributed by atoms with Crippen molar-refractivity contribution in [1.82, 2.24) is 9.78 Å². The molecule has 1 heterocycles. The molecule has 0 saturated heterocycles. The molecule has 0 aliphatic rings. The van der Waals surface area contributed by atoms with Crippen LogP contribution in [0.2, 0.25) is 0 Å². The Labute approximate surface area is 53.9 Å². The van der Waals surface area contributed by atoms with Gasteiger partial charge >= 0.3 is 0 Å². The maximum Gasteiger partial charge on any atom is 0.0623 e. The largest absolute Gasteiger partial charge is 0.272 e. The van der Waals surface area contributed by atoms with Crippen LogP contribution in [0, 0.1) is 0 Å². The van der Waals surface area contributed by atoms with Gasteiger partial charge in [0.1, 0.15) is 0 Å². The van der Waals surface area contributed by atoms with Crippen LogP contribution in [0.15, 0.2) is 17.3 Å². The highest BCUT2D eigenvalue weighted by Gasteiger charge is 1.87. The summed E-state index contributed by atoms with van der Waals surface area (Å²) in [6.45, 7) is 2.96. The summed E-state index contributed by atoms with van der Waals surface area (Å²) < 4.78 is 1.84. The highest BCUT2D eigenvalue weighted by Crippen LogP contribution is 2.00. The van der Waals surface area contributed by atoms with Gasteiger partial charge in [-0.3, -0.25) is 4.68 Å². The Morgan fingerprint density at radius 3 is 2.88 bits per heavy atom. The van der Waals surface area contributed by atoms with E-state index in [-0.39, 0.29) is 0 Å². The van der Waals surface area contributed by atoms with E-state index in [4.69, 9.17) is 0 Å². The quantitative estimate of drug-likeness (QED) is 0.562. The first-order valence-electron chi connectivity index (χ1n) is 2.54. The predicted octanol–water partition coefficient (Wildman–Crippen LogP) is 1.19. The average Bonchev–Trinajstić information content (AvgIpc) is 2.14. The third-order valence-corrected chi connectivity index (χ3v) is 1.17. The molecule has 1 rings (SSSR count). The van der Waals surface area contributed by atoms with E-state index >= 15 is 0 Å². The van der Waals surface area contributed by atoms with Crippen molar-refractivity contribution in [2.75, 3.05) is 0 Å². The molecule has 8 heavy (non-hydrogen) atoms. The monoisotopic (exact) mass is 128 g/mol. The van der Waals surface area contributed by atoms with Crippen LogP contribution >= 0.6 is 12.6 Å². The van der Waals surface area contributed by atoms with E-state index in [1.165, 1.54) is 0 Å². The fourth-order valence-electron chi connectivity index (χ4n) is 0.526. The van der Waals surface area contributed by atoms with Crippen LogP contribution in [0.4, 0.5) is 0 Å². The first-order valence-corrected chi connectivity index (χ1v) is 2.99. The maximum absolute atomic E-state index is 4.08. The lowest BCUT2D eigenvalue weighted by Gasteiger charge is -1.88. The number of aryl methyl sites for hydroxylation is 1. The van der Waals surface area contributed by atoms with Gasteiger partial charge in [0.05, 0.1) is 6.20 Å². The van der Waals surface area contributed by atoms with E-state index in [1.807, 2.05) is 17.8 Å². The van der Waals surface area contributed by atoms with Crippen LogP contribution in [0.3, 0.4) is 0 Å². The van der Waals surface area contributed by atoms with E-state index < -0.39 is 0 Å². The van der Waals surface area contributed by atoms with Crippen molar-refractivity contribution < 1.29 is 0 Å². The fraction of sp³-hybridized carbons (Fsp3) is 0.400. The zero-order chi connectivity index (χ0) is 5.98. The minimum atomic E-state index is 0.917. The second kappa shape index (κ2) is 2.22. The van der Waals surface area contributed by atoms with Gasteiger partial charge in [-0.2, -0.15) is 5.10 Å². The van der Waals surface area contributed by atoms with Gasteiger partial charge in [-0.05, 0) is 6.92 Å². The van der Waals surface area contributed by atoms with E-state index in [1.54, 1.807) is 6.20 Å². The SMILES string of the molecule is CCn1cc(S)cn1. The smallest absolute Gasteiger partial charge is 0.0623 e. The molecule has 0 aliphatic carbocycles. The van der Waals surface area contributed by atoms with Crippen LogP contribution in [-0.2, 0) is 6.54 Å². The van der Waals surface area contributed by atoms with Crippen molar-refractivity contribution in [3.63, 3.8) is 0 Å². The van der Waals surface area contributed by atoms with Crippen LogP contribution in [0.25, 0.3) is 0 Å². The fourth-order valence-corrected chi connectivity index (χ4v) is 0.711. The minimum absolute atomic E-state index is 0.917. The normalized spacial score (nSPS) is 9.75. The Hall–Kier alpha value is -0.440. The summed E-state index contributed by atoms with van der Waals surface area (Å²) in [7, 11) is 0. The molecule has 0 radical (unpaired) electrons. The molecule has 0 amide bonds. The highest BCUT2D eigenvalue weighted by molar-refractivity contribution is 7.80. The van der Waals surface area contributed by atoms with Crippen molar-refractivity contribution in [3.05, 3.63) is 12.4 Å². The molecule has 0 N–H and O–H groups in total. The third kappa shape index (κ3) is 1.04. The van der Waals surface area contributed by atoms with E-state index in [9.17, 15) is 0 Å². The molecule has 0 aliphatic heterocycles. The molecular weight excluding hydrogens is 120 g/mol. The van der Waals surface area contributed by atoms with Gasteiger partial charge in [-0.25, -0.2) is 0 Å². The van der Waals surface area contributed by atoms with Crippen LogP contribution < -0.4 is 0 Å². The second-order valence-corrected chi connectivity index (χ2v) is 2.07. The van der Waals surface area contributed by atoms with Gasteiger partial charge in [0.2, 0.25) is 0 Å². The summed E-state index contributed by atoms with van der Waals surface area (Å²) in [6, 6.07) is 0. The van der Waals surface area contributed by atoms with Crippen molar-refractivity contribution >= 4 is 12.6 Å². The molecule has 44 valence electrons. The molecule has 3 heteroatoms. The first-order chi connectivity index (χ1) is 3.83. The zero-order valence-corrected chi connectivity index (χ0v) is 5.60. The summed E-state index contributed by atoms with van der Waals surface area (Å²) >= 11 is 4.08. The van der Waals surface area contributed by atoms with E-state index in [2.05, 4.69) is 17.7 Å². The Bertz CT molecular complexity index is 171. The third-order valence-electron chi connectivity index (χ3n) is 0.944. The summed E-state index contributed by atoms with van der Waals surface area (Å²) in [6.07, 6.45) is 3.62. The van der Waals surface area contributed by atoms with E-state index in [0.717, 1.165) is 11.4 Å². The maximum atomic E-state index is 4.08. The molecule has 0 unspecified atom stereocenters. The van der Waals surface area contributed by atoms with Gasteiger partial charge in [0.25, 0.3) is 0 Å².